The van der Waals surface area contributed by atoms with Gasteiger partial charge in [-0.3, -0.25) is 4.79 Å². The maximum absolute atomic E-state index is 14.0. The molecule has 1 aliphatic rings. The molecule has 2 aromatic rings. The van der Waals surface area contributed by atoms with Crippen molar-refractivity contribution in [1.29, 1.82) is 0 Å². The van der Waals surface area contributed by atoms with Crippen molar-refractivity contribution in [2.75, 3.05) is 13.1 Å². The van der Waals surface area contributed by atoms with Crippen LogP contribution in [-0.2, 0) is 5.60 Å². The number of halogens is 2. The smallest absolute Gasteiger partial charge is 0.256 e. The summed E-state index contributed by atoms with van der Waals surface area (Å²) in [5, 5.41) is 18.0. The molecule has 1 amide bonds. The first-order valence-electron chi connectivity index (χ1n) is 8.15. The molecule has 0 aliphatic carbocycles. The molecule has 25 heavy (non-hydrogen) atoms. The molecule has 1 fully saturated rings. The van der Waals surface area contributed by atoms with Crippen LogP contribution in [0.25, 0.3) is 0 Å². The first kappa shape index (κ1) is 17.8. The summed E-state index contributed by atoms with van der Waals surface area (Å²) in [6, 6.07) is 4.53. The molecule has 3 rings (SSSR count). The molecule has 1 saturated heterocycles. The van der Waals surface area contributed by atoms with Crippen LogP contribution in [-0.4, -0.2) is 44.0 Å². The van der Waals surface area contributed by atoms with E-state index in [1.54, 1.807) is 35.7 Å². The summed E-state index contributed by atoms with van der Waals surface area (Å²) in [6.45, 7) is 4.30. The fourth-order valence-electron chi connectivity index (χ4n) is 2.91. The van der Waals surface area contributed by atoms with Crippen LogP contribution in [0.4, 0.5) is 4.39 Å². The number of aliphatic hydroxyl groups is 1. The van der Waals surface area contributed by atoms with Gasteiger partial charge in [0.05, 0.1) is 22.8 Å². The molecule has 0 bridgehead atoms. The van der Waals surface area contributed by atoms with Crippen molar-refractivity contribution in [1.82, 2.24) is 19.9 Å². The number of rotatable bonds is 3. The molecule has 0 radical (unpaired) electrons. The maximum Gasteiger partial charge on any atom is 0.256 e. The predicted molar refractivity (Wildman–Crippen MR) is 90.9 cm³/mol. The fraction of sp³-hybridized carbons (Fsp3) is 0.471. The molecule has 0 spiro atoms. The van der Waals surface area contributed by atoms with Crippen LogP contribution in [0.2, 0.25) is 5.02 Å². The van der Waals surface area contributed by atoms with Gasteiger partial charge >= 0.3 is 0 Å². The Morgan fingerprint density at radius 1 is 1.36 bits per heavy atom. The molecular weight excluding hydrogens is 347 g/mol. The summed E-state index contributed by atoms with van der Waals surface area (Å²) in [4.78, 5) is 14.1. The van der Waals surface area contributed by atoms with Gasteiger partial charge in [0.15, 0.2) is 5.82 Å². The van der Waals surface area contributed by atoms with Crippen LogP contribution in [0.5, 0.6) is 0 Å². The molecular formula is C17H20ClFN4O2. The van der Waals surface area contributed by atoms with E-state index in [2.05, 4.69) is 10.3 Å². The lowest BCUT2D eigenvalue weighted by Crippen LogP contribution is -2.39. The highest BCUT2D eigenvalue weighted by molar-refractivity contribution is 6.31. The first-order chi connectivity index (χ1) is 11.8. The Morgan fingerprint density at radius 2 is 2.04 bits per heavy atom. The molecule has 0 atom stereocenters. The number of hydrogen-bond acceptors (Lipinski definition) is 4. The number of hydrogen-bond donors (Lipinski definition) is 1. The Kier molecular flexibility index (Phi) is 4.79. The standard InChI is InChI=1S/C17H20ClFN4O2/c1-17(2,25)14-10-23(21-20-14)11-6-8-22(9-7-11)16(24)12-4-3-5-13(18)15(12)19/h3-5,10-11,25H,6-9H2,1-2H3. The van der Waals surface area contributed by atoms with Crippen molar-refractivity contribution in [3.8, 4) is 0 Å². The minimum absolute atomic E-state index is 0.00368. The van der Waals surface area contributed by atoms with E-state index in [1.165, 1.54) is 12.1 Å². The van der Waals surface area contributed by atoms with Crippen LogP contribution in [0.3, 0.4) is 0 Å². The topological polar surface area (TPSA) is 71.2 Å². The molecule has 2 heterocycles. The minimum Gasteiger partial charge on any atom is -0.384 e. The quantitative estimate of drug-likeness (QED) is 0.906. The van der Waals surface area contributed by atoms with E-state index in [4.69, 9.17) is 11.6 Å². The van der Waals surface area contributed by atoms with Gasteiger partial charge in [0.1, 0.15) is 11.3 Å². The van der Waals surface area contributed by atoms with Crippen LogP contribution < -0.4 is 0 Å². The number of nitrogens with zero attached hydrogens (tertiary/aromatic N) is 4. The van der Waals surface area contributed by atoms with Gasteiger partial charge in [-0.1, -0.05) is 22.9 Å². The highest BCUT2D eigenvalue weighted by atomic mass is 35.5. The second kappa shape index (κ2) is 6.72. The van der Waals surface area contributed by atoms with Crippen LogP contribution >= 0.6 is 11.6 Å². The van der Waals surface area contributed by atoms with E-state index in [-0.39, 0.29) is 22.5 Å². The number of piperidine rings is 1. The molecule has 1 N–H and O–H groups in total. The second-order valence-corrected chi connectivity index (χ2v) is 7.17. The number of amides is 1. The molecule has 0 unspecified atom stereocenters. The summed E-state index contributed by atoms with van der Waals surface area (Å²) >= 11 is 5.75. The number of carbonyl (C=O) groups is 1. The van der Waals surface area contributed by atoms with Crippen molar-refractivity contribution in [2.45, 2.75) is 38.3 Å². The second-order valence-electron chi connectivity index (χ2n) is 6.77. The molecule has 1 aromatic carbocycles. The van der Waals surface area contributed by atoms with Crippen LogP contribution in [0.15, 0.2) is 24.4 Å². The summed E-state index contributed by atoms with van der Waals surface area (Å²) in [6.07, 6.45) is 3.10. The maximum atomic E-state index is 14.0. The molecule has 0 saturated carbocycles. The van der Waals surface area contributed by atoms with Crippen LogP contribution in [0.1, 0.15) is 48.8 Å². The largest absolute Gasteiger partial charge is 0.384 e. The summed E-state index contributed by atoms with van der Waals surface area (Å²) < 4.78 is 15.8. The minimum atomic E-state index is -1.04. The number of benzene rings is 1. The third kappa shape index (κ3) is 3.67. The van der Waals surface area contributed by atoms with Gasteiger partial charge in [0.2, 0.25) is 0 Å². The van der Waals surface area contributed by atoms with Crippen molar-refractivity contribution in [3.63, 3.8) is 0 Å². The Bertz CT molecular complexity index is 779. The van der Waals surface area contributed by atoms with E-state index < -0.39 is 11.4 Å². The van der Waals surface area contributed by atoms with Crippen molar-refractivity contribution >= 4 is 17.5 Å². The zero-order chi connectivity index (χ0) is 18.2. The third-order valence-electron chi connectivity index (χ3n) is 4.44. The Balaban J connectivity index is 1.66. The van der Waals surface area contributed by atoms with Gasteiger partial charge in [-0.25, -0.2) is 9.07 Å². The van der Waals surface area contributed by atoms with Crippen molar-refractivity contribution < 1.29 is 14.3 Å². The molecule has 134 valence electrons. The zero-order valence-electron chi connectivity index (χ0n) is 14.1. The lowest BCUT2D eigenvalue weighted by Gasteiger charge is -2.32. The molecule has 8 heteroatoms. The molecule has 6 nitrogen and oxygen atoms in total. The summed E-state index contributed by atoms with van der Waals surface area (Å²) in [5.74, 6) is -1.03. The van der Waals surface area contributed by atoms with Gasteiger partial charge in [-0.2, -0.15) is 0 Å². The zero-order valence-corrected chi connectivity index (χ0v) is 14.9. The monoisotopic (exact) mass is 366 g/mol. The Labute approximate surface area is 150 Å². The van der Waals surface area contributed by atoms with Gasteiger partial charge < -0.3 is 10.0 Å². The van der Waals surface area contributed by atoms with E-state index in [0.29, 0.717) is 31.6 Å². The summed E-state index contributed by atoms with van der Waals surface area (Å²) in [5.41, 5.74) is -0.540. The Hall–Kier alpha value is -1.99. The van der Waals surface area contributed by atoms with Crippen LogP contribution in [0, 0.1) is 5.82 Å². The van der Waals surface area contributed by atoms with Crippen molar-refractivity contribution in [3.05, 3.63) is 46.5 Å². The highest BCUT2D eigenvalue weighted by Crippen LogP contribution is 2.26. The molecule has 1 aliphatic heterocycles. The van der Waals surface area contributed by atoms with Gasteiger partial charge in [-0.05, 0) is 38.8 Å². The number of carbonyl (C=O) groups excluding carboxylic acids is 1. The van der Waals surface area contributed by atoms with E-state index in [1.807, 2.05) is 0 Å². The lowest BCUT2D eigenvalue weighted by atomic mass is 10.0. The number of likely N-dealkylation sites (tertiary alicyclic amines) is 1. The van der Waals surface area contributed by atoms with E-state index >= 15 is 0 Å². The van der Waals surface area contributed by atoms with E-state index in [9.17, 15) is 14.3 Å². The van der Waals surface area contributed by atoms with E-state index in [0.717, 1.165) is 0 Å². The van der Waals surface area contributed by atoms with Crippen molar-refractivity contribution in [2.24, 2.45) is 0 Å². The Morgan fingerprint density at radius 3 is 2.64 bits per heavy atom. The first-order valence-corrected chi connectivity index (χ1v) is 8.53. The summed E-state index contributed by atoms with van der Waals surface area (Å²) in [7, 11) is 0. The average molecular weight is 367 g/mol. The molecule has 1 aromatic heterocycles. The van der Waals surface area contributed by atoms with Gasteiger partial charge in [0.25, 0.3) is 5.91 Å². The SMILES string of the molecule is CC(C)(O)c1cn(C2CCN(C(=O)c3cccc(Cl)c3F)CC2)nn1. The number of aromatic nitrogens is 3. The van der Waals surface area contributed by atoms with Gasteiger partial charge in [0, 0.05) is 13.1 Å². The lowest BCUT2D eigenvalue weighted by molar-refractivity contribution is 0.0684. The average Bonchev–Trinajstić information content (AvgIpc) is 3.07. The van der Waals surface area contributed by atoms with Gasteiger partial charge in [-0.15, -0.1) is 5.10 Å². The predicted octanol–water partition coefficient (Wildman–Crippen LogP) is 2.78. The third-order valence-corrected chi connectivity index (χ3v) is 4.74. The fourth-order valence-corrected chi connectivity index (χ4v) is 3.08. The normalized spacial score (nSPS) is 16.3. The highest BCUT2D eigenvalue weighted by Gasteiger charge is 2.28.